The van der Waals surface area contributed by atoms with Crippen LogP contribution in [0.3, 0.4) is 0 Å². The van der Waals surface area contributed by atoms with Gasteiger partial charge < -0.3 is 15.5 Å². The summed E-state index contributed by atoms with van der Waals surface area (Å²) in [4.78, 5) is 3.78. The summed E-state index contributed by atoms with van der Waals surface area (Å²) in [5.74, 6) is -1.57. The maximum atomic E-state index is 14.1. The Labute approximate surface area is 126 Å². The number of aromatic nitrogens is 3. The summed E-state index contributed by atoms with van der Waals surface area (Å²) in [5.41, 5.74) is -1.75. The Morgan fingerprint density at radius 3 is 2.77 bits per heavy atom. The first-order valence-electron chi connectivity index (χ1n) is 6.82. The van der Waals surface area contributed by atoms with E-state index in [9.17, 15) is 13.9 Å². The van der Waals surface area contributed by atoms with Crippen molar-refractivity contribution in [3.8, 4) is 0 Å². The smallest absolute Gasteiger partial charge is 0.137 e. The van der Waals surface area contributed by atoms with Crippen molar-refractivity contribution in [2.24, 2.45) is 0 Å². The highest BCUT2D eigenvalue weighted by Gasteiger charge is 2.38. The van der Waals surface area contributed by atoms with E-state index in [2.05, 4.69) is 15.4 Å². The normalized spacial score (nSPS) is 15.5. The Balaban J connectivity index is 2.39. The van der Waals surface area contributed by atoms with Gasteiger partial charge in [0, 0.05) is 24.2 Å². The fourth-order valence-electron chi connectivity index (χ4n) is 2.31. The molecule has 0 fully saturated rings. The zero-order valence-electron chi connectivity index (χ0n) is 12.1. The van der Waals surface area contributed by atoms with E-state index >= 15 is 0 Å². The minimum Gasteiger partial charge on any atom is -0.395 e. The summed E-state index contributed by atoms with van der Waals surface area (Å²) >= 11 is 0. The standard InChI is InChI=1S/C14H18F2N4O2/c1-10(18-4-5-21)14(22,7-20-9-17-8-19-20)12-3-2-11(15)6-13(12)16/h2-3,6,8-10,18,21-22H,4-5,7H2,1H3. The van der Waals surface area contributed by atoms with Crippen LogP contribution in [0, 0.1) is 11.6 Å². The summed E-state index contributed by atoms with van der Waals surface area (Å²) in [5, 5.41) is 26.7. The van der Waals surface area contributed by atoms with Crippen molar-refractivity contribution in [1.29, 1.82) is 0 Å². The van der Waals surface area contributed by atoms with Crippen LogP contribution in [0.4, 0.5) is 8.78 Å². The number of rotatable bonds is 7. The van der Waals surface area contributed by atoms with Crippen LogP contribution in [-0.4, -0.2) is 44.2 Å². The molecule has 0 spiro atoms. The third-order valence-corrected chi connectivity index (χ3v) is 3.55. The Bertz CT molecular complexity index is 609. The molecule has 0 aliphatic carbocycles. The van der Waals surface area contributed by atoms with Gasteiger partial charge in [-0.2, -0.15) is 5.10 Å². The van der Waals surface area contributed by atoms with Crippen LogP contribution in [0.1, 0.15) is 12.5 Å². The molecule has 1 aromatic heterocycles. The summed E-state index contributed by atoms with van der Waals surface area (Å²) in [6.45, 7) is 1.67. The molecule has 0 saturated heterocycles. The molecule has 22 heavy (non-hydrogen) atoms. The average Bonchev–Trinajstić information content (AvgIpc) is 2.97. The number of aliphatic hydroxyl groups is 2. The molecular formula is C14H18F2N4O2. The van der Waals surface area contributed by atoms with Crippen molar-refractivity contribution in [2.45, 2.75) is 25.1 Å². The third kappa shape index (κ3) is 3.46. The van der Waals surface area contributed by atoms with Crippen LogP contribution < -0.4 is 5.32 Å². The number of hydrogen-bond acceptors (Lipinski definition) is 5. The second kappa shape index (κ2) is 6.91. The number of hydrogen-bond donors (Lipinski definition) is 3. The minimum absolute atomic E-state index is 0.0534. The van der Waals surface area contributed by atoms with Crippen LogP contribution in [0.2, 0.25) is 0 Å². The number of benzene rings is 1. The molecule has 0 saturated carbocycles. The summed E-state index contributed by atoms with van der Waals surface area (Å²) in [6.07, 6.45) is 2.69. The second-order valence-electron chi connectivity index (χ2n) is 5.04. The highest BCUT2D eigenvalue weighted by Crippen LogP contribution is 2.29. The van der Waals surface area contributed by atoms with Crippen molar-refractivity contribution in [2.75, 3.05) is 13.2 Å². The van der Waals surface area contributed by atoms with E-state index in [0.717, 1.165) is 12.1 Å². The van der Waals surface area contributed by atoms with E-state index in [4.69, 9.17) is 5.11 Å². The van der Waals surface area contributed by atoms with Crippen LogP contribution in [0.5, 0.6) is 0 Å². The monoisotopic (exact) mass is 312 g/mol. The molecule has 0 bridgehead atoms. The van der Waals surface area contributed by atoms with Gasteiger partial charge in [-0.25, -0.2) is 18.4 Å². The number of nitrogens with zero attached hydrogens (tertiary/aromatic N) is 3. The van der Waals surface area contributed by atoms with Gasteiger partial charge in [-0.15, -0.1) is 0 Å². The molecule has 3 N–H and O–H groups in total. The number of aliphatic hydroxyl groups excluding tert-OH is 1. The molecule has 0 aliphatic heterocycles. The van der Waals surface area contributed by atoms with Crippen molar-refractivity contribution < 1.29 is 19.0 Å². The molecule has 8 heteroatoms. The molecule has 120 valence electrons. The lowest BCUT2D eigenvalue weighted by atomic mass is 9.86. The molecule has 2 unspecified atom stereocenters. The Morgan fingerprint density at radius 1 is 1.41 bits per heavy atom. The van der Waals surface area contributed by atoms with Gasteiger partial charge in [0.05, 0.1) is 13.2 Å². The van der Waals surface area contributed by atoms with Crippen LogP contribution in [0.15, 0.2) is 30.9 Å². The lowest BCUT2D eigenvalue weighted by molar-refractivity contribution is -0.0208. The Morgan fingerprint density at radius 2 is 2.18 bits per heavy atom. The van der Waals surface area contributed by atoms with Gasteiger partial charge in [0.25, 0.3) is 0 Å². The first-order chi connectivity index (χ1) is 10.5. The second-order valence-corrected chi connectivity index (χ2v) is 5.04. The summed E-state index contributed by atoms with van der Waals surface area (Å²) in [6, 6.07) is 2.40. The maximum absolute atomic E-state index is 14.1. The van der Waals surface area contributed by atoms with E-state index in [0.29, 0.717) is 0 Å². The molecule has 2 atom stereocenters. The van der Waals surface area contributed by atoms with Gasteiger partial charge >= 0.3 is 0 Å². The number of nitrogens with one attached hydrogen (secondary N) is 1. The Kier molecular flexibility index (Phi) is 5.17. The van der Waals surface area contributed by atoms with Crippen LogP contribution in [0.25, 0.3) is 0 Å². The SMILES string of the molecule is CC(NCCO)C(O)(Cn1cncn1)c1ccc(F)cc1F. The minimum atomic E-state index is -1.69. The molecule has 1 aromatic carbocycles. The predicted octanol–water partition coefficient (Wildman–Crippen LogP) is 0.415. The first-order valence-corrected chi connectivity index (χ1v) is 6.82. The Hall–Kier alpha value is -1.90. The van der Waals surface area contributed by atoms with Gasteiger partial charge in [0.15, 0.2) is 0 Å². The zero-order chi connectivity index (χ0) is 16.2. The van der Waals surface area contributed by atoms with Crippen molar-refractivity contribution in [3.05, 3.63) is 48.1 Å². The largest absolute Gasteiger partial charge is 0.395 e. The highest BCUT2D eigenvalue weighted by atomic mass is 19.1. The van der Waals surface area contributed by atoms with Gasteiger partial charge in [-0.05, 0) is 13.0 Å². The van der Waals surface area contributed by atoms with Gasteiger partial charge in [0.2, 0.25) is 0 Å². The van der Waals surface area contributed by atoms with Crippen molar-refractivity contribution in [1.82, 2.24) is 20.1 Å². The predicted molar refractivity (Wildman–Crippen MR) is 74.8 cm³/mol. The van der Waals surface area contributed by atoms with Crippen LogP contribution >= 0.6 is 0 Å². The van der Waals surface area contributed by atoms with E-state index in [1.807, 2.05) is 0 Å². The van der Waals surface area contributed by atoms with E-state index in [1.165, 1.54) is 23.4 Å². The molecule has 2 rings (SSSR count). The first kappa shape index (κ1) is 16.5. The highest BCUT2D eigenvalue weighted by molar-refractivity contribution is 5.27. The molecule has 0 aliphatic rings. The number of halogens is 2. The average molecular weight is 312 g/mol. The van der Waals surface area contributed by atoms with Gasteiger partial charge in [0.1, 0.15) is 29.9 Å². The lowest BCUT2D eigenvalue weighted by Gasteiger charge is -2.35. The maximum Gasteiger partial charge on any atom is 0.137 e. The third-order valence-electron chi connectivity index (χ3n) is 3.55. The van der Waals surface area contributed by atoms with Crippen molar-refractivity contribution >= 4 is 0 Å². The van der Waals surface area contributed by atoms with Gasteiger partial charge in [-0.1, -0.05) is 6.07 Å². The molecule has 0 amide bonds. The summed E-state index contributed by atoms with van der Waals surface area (Å²) < 4.78 is 28.6. The van der Waals surface area contributed by atoms with E-state index in [-0.39, 0.29) is 25.3 Å². The quantitative estimate of drug-likeness (QED) is 0.690. The molecule has 1 heterocycles. The topological polar surface area (TPSA) is 83.2 Å². The molecule has 0 radical (unpaired) electrons. The summed E-state index contributed by atoms with van der Waals surface area (Å²) in [7, 11) is 0. The molecular weight excluding hydrogens is 294 g/mol. The fourth-order valence-corrected chi connectivity index (χ4v) is 2.31. The molecule has 6 nitrogen and oxygen atoms in total. The van der Waals surface area contributed by atoms with E-state index < -0.39 is 23.3 Å². The van der Waals surface area contributed by atoms with Crippen LogP contribution in [-0.2, 0) is 12.1 Å². The van der Waals surface area contributed by atoms with E-state index in [1.54, 1.807) is 6.92 Å². The van der Waals surface area contributed by atoms with Gasteiger partial charge in [-0.3, -0.25) is 0 Å². The fraction of sp³-hybridized carbons (Fsp3) is 0.429. The molecule has 2 aromatic rings. The van der Waals surface area contributed by atoms with Crippen molar-refractivity contribution in [3.63, 3.8) is 0 Å². The zero-order valence-corrected chi connectivity index (χ0v) is 12.1. The lowest BCUT2D eigenvalue weighted by Crippen LogP contribution is -2.50.